The molecule has 0 atom stereocenters. The number of aliphatic imine (C=N–C) groups is 1. The number of nitrogens with zero attached hydrogens (tertiary/aromatic N) is 4. The van der Waals surface area contributed by atoms with Crippen LogP contribution in [0, 0.1) is 0 Å². The molecule has 3 heterocycles. The molecule has 0 saturated heterocycles. The van der Waals surface area contributed by atoms with Crippen LogP contribution in [-0.2, 0) is 14.8 Å². The summed E-state index contributed by atoms with van der Waals surface area (Å²) in [7, 11) is -3.72. The third-order valence-electron chi connectivity index (χ3n) is 3.33. The lowest BCUT2D eigenvalue weighted by atomic mass is 10.1. The quantitative estimate of drug-likeness (QED) is 0.880. The van der Waals surface area contributed by atoms with Gasteiger partial charge in [0.1, 0.15) is 5.71 Å². The van der Waals surface area contributed by atoms with Crippen molar-refractivity contribution >= 4 is 56.4 Å². The van der Waals surface area contributed by atoms with Crippen LogP contribution >= 0.6 is 11.6 Å². The van der Waals surface area contributed by atoms with E-state index in [9.17, 15) is 13.2 Å². The number of imidazole rings is 1. The number of nitrogen functional groups attached to an aromatic ring is 1. The van der Waals surface area contributed by atoms with E-state index in [1.165, 1.54) is 25.4 Å². The highest BCUT2D eigenvalue weighted by molar-refractivity contribution is 7.90. The van der Waals surface area contributed by atoms with E-state index in [-0.39, 0.29) is 11.5 Å². The van der Waals surface area contributed by atoms with Gasteiger partial charge in [0.05, 0.1) is 28.4 Å². The highest BCUT2D eigenvalue weighted by Gasteiger charge is 2.20. The number of pyridine rings is 1. The zero-order chi connectivity index (χ0) is 17.5. The Morgan fingerprint density at radius 3 is 2.88 bits per heavy atom. The molecule has 0 spiro atoms. The Hall–Kier alpha value is -2.52. The number of sulfonamides is 1. The summed E-state index contributed by atoms with van der Waals surface area (Å²) in [6.45, 7) is 1.44. The van der Waals surface area contributed by atoms with Gasteiger partial charge in [-0.3, -0.25) is 9.20 Å². The molecule has 124 valence electrons. The van der Waals surface area contributed by atoms with Crippen LogP contribution in [0.4, 0.5) is 5.69 Å². The summed E-state index contributed by atoms with van der Waals surface area (Å²) in [5, 5.41) is 0.408. The third-order valence-corrected chi connectivity index (χ3v) is 4.74. The number of fused-ring (bicyclic) bond motifs is 1. The van der Waals surface area contributed by atoms with Gasteiger partial charge >= 0.3 is 0 Å². The van der Waals surface area contributed by atoms with Crippen molar-refractivity contribution in [3.05, 3.63) is 35.3 Å². The van der Waals surface area contributed by atoms with E-state index in [0.717, 1.165) is 0 Å². The van der Waals surface area contributed by atoms with Crippen molar-refractivity contribution in [2.24, 2.45) is 9.39 Å². The van der Waals surface area contributed by atoms with Crippen LogP contribution < -0.4 is 5.73 Å². The molecule has 8 nitrogen and oxygen atoms in total. The van der Waals surface area contributed by atoms with Crippen molar-refractivity contribution in [3.8, 4) is 0 Å². The zero-order valence-corrected chi connectivity index (χ0v) is 14.0. The predicted molar refractivity (Wildman–Crippen MR) is 93.0 cm³/mol. The smallest absolute Gasteiger partial charge is 0.296 e. The maximum Gasteiger partial charge on any atom is 0.296 e. The van der Waals surface area contributed by atoms with Gasteiger partial charge in [0.25, 0.3) is 15.9 Å². The summed E-state index contributed by atoms with van der Waals surface area (Å²) in [4.78, 5) is 19.7. The molecule has 10 heteroatoms. The molecule has 2 aromatic rings. The average molecular weight is 366 g/mol. The molecule has 0 aromatic carbocycles. The summed E-state index contributed by atoms with van der Waals surface area (Å²) in [6, 6.07) is 1.57. The Morgan fingerprint density at radius 2 is 2.17 bits per heavy atom. The first-order chi connectivity index (χ1) is 11.3. The number of amides is 1. The summed E-state index contributed by atoms with van der Waals surface area (Å²) in [6.07, 6.45) is 5.81. The van der Waals surface area contributed by atoms with Gasteiger partial charge in [-0.25, -0.2) is 18.4 Å². The molecule has 0 radical (unpaired) electrons. The molecule has 0 saturated carbocycles. The molecule has 24 heavy (non-hydrogen) atoms. The fourth-order valence-electron chi connectivity index (χ4n) is 2.15. The van der Waals surface area contributed by atoms with Gasteiger partial charge in [0, 0.05) is 18.0 Å². The summed E-state index contributed by atoms with van der Waals surface area (Å²) in [5.74, 6) is -0.930. The van der Waals surface area contributed by atoms with Crippen molar-refractivity contribution < 1.29 is 13.2 Å². The fraction of sp³-hybridized carbons (Fsp3) is 0.143. The van der Waals surface area contributed by atoms with E-state index in [1.807, 2.05) is 0 Å². The van der Waals surface area contributed by atoms with Gasteiger partial charge in [0.2, 0.25) is 0 Å². The number of allylic oxidation sites excluding steroid dienone is 1. The standard InChI is InChI=1S/C14H12ClN5O3S/c1-2-24(22,23)19-11-3-8(5-18-14(11)21)12-6-17-13-10(16)4-9(15)7-20(12)13/h3-7H,2,16H2,1H3. The highest BCUT2D eigenvalue weighted by Crippen LogP contribution is 2.24. The Kier molecular flexibility index (Phi) is 3.98. The van der Waals surface area contributed by atoms with Gasteiger partial charge < -0.3 is 5.73 Å². The number of halogens is 1. The maximum absolute atomic E-state index is 11.8. The number of dihydropyridines is 1. The Balaban J connectivity index is 2.16. The number of hydrogen-bond acceptors (Lipinski definition) is 5. The summed E-state index contributed by atoms with van der Waals surface area (Å²) in [5.41, 5.74) is 7.52. The van der Waals surface area contributed by atoms with Crippen LogP contribution in [0.15, 0.2) is 33.9 Å². The SMILES string of the molecule is CCS(=O)(=O)N=C1C=C(c2cnc3c(N)cc(Cl)cn23)C=NC1=O. The average Bonchev–Trinajstić information content (AvgIpc) is 2.93. The summed E-state index contributed by atoms with van der Waals surface area (Å²) < 4.78 is 28.4. The van der Waals surface area contributed by atoms with Gasteiger partial charge in [-0.15, -0.1) is 0 Å². The molecular formula is C14H12ClN5O3S. The summed E-state index contributed by atoms with van der Waals surface area (Å²) >= 11 is 6.01. The lowest BCUT2D eigenvalue weighted by Crippen LogP contribution is -2.17. The molecule has 1 amide bonds. The fourth-order valence-corrected chi connectivity index (χ4v) is 2.93. The van der Waals surface area contributed by atoms with Crippen molar-refractivity contribution in [1.82, 2.24) is 9.38 Å². The number of carbonyl (C=O) groups excluding carboxylic acids is 1. The number of nitrogens with two attached hydrogens (primary N) is 1. The van der Waals surface area contributed by atoms with E-state index >= 15 is 0 Å². The minimum Gasteiger partial charge on any atom is -0.396 e. The number of carbonyl (C=O) groups is 1. The third kappa shape index (κ3) is 2.95. The molecule has 0 aliphatic carbocycles. The zero-order valence-electron chi connectivity index (χ0n) is 12.5. The molecule has 0 bridgehead atoms. The Labute approximate surface area is 142 Å². The minimum atomic E-state index is -3.72. The maximum atomic E-state index is 11.8. The van der Waals surface area contributed by atoms with Crippen molar-refractivity contribution in [2.45, 2.75) is 6.92 Å². The van der Waals surface area contributed by atoms with E-state index in [4.69, 9.17) is 17.3 Å². The normalized spacial score (nSPS) is 16.8. The second-order valence-electron chi connectivity index (χ2n) is 4.96. The second-order valence-corrected chi connectivity index (χ2v) is 7.32. The van der Waals surface area contributed by atoms with Crippen LogP contribution in [0.5, 0.6) is 0 Å². The topological polar surface area (TPSA) is 119 Å². The van der Waals surface area contributed by atoms with E-state index in [1.54, 1.807) is 16.7 Å². The van der Waals surface area contributed by atoms with E-state index in [2.05, 4.69) is 14.4 Å². The highest BCUT2D eigenvalue weighted by atomic mass is 35.5. The molecular weight excluding hydrogens is 354 g/mol. The largest absolute Gasteiger partial charge is 0.396 e. The van der Waals surface area contributed by atoms with Crippen LogP contribution in [0.1, 0.15) is 12.6 Å². The monoisotopic (exact) mass is 365 g/mol. The van der Waals surface area contributed by atoms with Gasteiger partial charge in [-0.05, 0) is 19.1 Å². The Morgan fingerprint density at radius 1 is 1.42 bits per heavy atom. The van der Waals surface area contributed by atoms with E-state index < -0.39 is 15.9 Å². The van der Waals surface area contributed by atoms with Crippen LogP contribution in [-0.4, -0.2) is 41.4 Å². The van der Waals surface area contributed by atoms with Crippen molar-refractivity contribution in [2.75, 3.05) is 11.5 Å². The first-order valence-corrected chi connectivity index (χ1v) is 8.84. The molecule has 0 unspecified atom stereocenters. The number of aromatic nitrogens is 2. The van der Waals surface area contributed by atoms with Gasteiger partial charge in [-0.1, -0.05) is 11.6 Å². The lowest BCUT2D eigenvalue weighted by molar-refractivity contribution is -0.111. The number of rotatable bonds is 3. The molecule has 2 aromatic heterocycles. The Bertz CT molecular complexity index is 1050. The minimum absolute atomic E-state index is 0.210. The lowest BCUT2D eigenvalue weighted by Gasteiger charge is -2.08. The first-order valence-electron chi connectivity index (χ1n) is 6.86. The number of hydrogen-bond donors (Lipinski definition) is 1. The van der Waals surface area contributed by atoms with Crippen molar-refractivity contribution in [1.29, 1.82) is 0 Å². The molecule has 1 aliphatic rings. The van der Waals surface area contributed by atoms with Crippen LogP contribution in [0.25, 0.3) is 11.2 Å². The molecule has 1 aliphatic heterocycles. The predicted octanol–water partition coefficient (Wildman–Crippen LogP) is 1.35. The van der Waals surface area contributed by atoms with Gasteiger partial charge in [-0.2, -0.15) is 4.40 Å². The number of anilines is 1. The van der Waals surface area contributed by atoms with Crippen LogP contribution in [0.2, 0.25) is 5.02 Å². The second kappa shape index (κ2) is 5.84. The molecule has 3 rings (SSSR count). The van der Waals surface area contributed by atoms with Crippen molar-refractivity contribution in [3.63, 3.8) is 0 Å². The van der Waals surface area contributed by atoms with Crippen LogP contribution in [0.3, 0.4) is 0 Å². The molecule has 2 N–H and O–H groups in total. The van der Waals surface area contributed by atoms with E-state index in [0.29, 0.717) is 27.6 Å². The molecule has 0 fully saturated rings. The van der Waals surface area contributed by atoms with Gasteiger partial charge in [0.15, 0.2) is 5.65 Å². The first kappa shape index (κ1) is 16.3.